The van der Waals surface area contributed by atoms with Crippen molar-refractivity contribution in [1.29, 1.82) is 0 Å². The average molecular weight is 427 g/mol. The van der Waals surface area contributed by atoms with Crippen molar-refractivity contribution in [2.45, 2.75) is 56.8 Å². The molecule has 1 aromatic heterocycles. The number of halogens is 3. The van der Waals surface area contributed by atoms with E-state index < -0.39 is 11.7 Å². The molecule has 166 valence electrons. The summed E-state index contributed by atoms with van der Waals surface area (Å²) >= 11 is 0. The second kappa shape index (κ2) is 9.99. The van der Waals surface area contributed by atoms with E-state index in [1.54, 1.807) is 7.05 Å². The first-order valence-corrected chi connectivity index (χ1v) is 10.3. The quantitative estimate of drug-likeness (QED) is 0.354. The molecule has 10 heteroatoms. The van der Waals surface area contributed by atoms with E-state index in [4.69, 9.17) is 4.74 Å². The van der Waals surface area contributed by atoms with Crippen LogP contribution in [-0.4, -0.2) is 49.1 Å². The van der Waals surface area contributed by atoms with Crippen molar-refractivity contribution in [2.75, 3.05) is 20.2 Å². The highest BCUT2D eigenvalue weighted by Gasteiger charge is 2.32. The lowest BCUT2D eigenvalue weighted by atomic mass is 9.85. The smallest absolute Gasteiger partial charge is 0.417 e. The number of rotatable bonds is 7. The predicted octanol–water partition coefficient (Wildman–Crippen LogP) is 2.48. The van der Waals surface area contributed by atoms with Gasteiger partial charge in [0.1, 0.15) is 6.61 Å². The molecule has 1 aromatic rings. The third kappa shape index (κ3) is 6.77. The molecule has 0 aromatic carbocycles. The molecule has 0 spiro atoms. The first-order chi connectivity index (χ1) is 14.3. The minimum Gasteiger partial charge on any atom is -0.476 e. The Labute approximate surface area is 173 Å². The number of alkyl halides is 3. The van der Waals surface area contributed by atoms with Crippen LogP contribution >= 0.6 is 0 Å². The summed E-state index contributed by atoms with van der Waals surface area (Å²) in [4.78, 5) is 20.2. The lowest BCUT2D eigenvalue weighted by molar-refractivity contribution is -0.137. The van der Waals surface area contributed by atoms with Crippen molar-refractivity contribution in [3.8, 4) is 5.88 Å². The van der Waals surface area contributed by atoms with Gasteiger partial charge in [-0.1, -0.05) is 6.42 Å². The van der Waals surface area contributed by atoms with Crippen molar-refractivity contribution in [1.82, 2.24) is 20.9 Å². The molecule has 0 radical (unpaired) electrons. The zero-order valence-electron chi connectivity index (χ0n) is 17.0. The minimum absolute atomic E-state index is 0.0315. The fourth-order valence-electron chi connectivity index (χ4n) is 3.45. The number of pyridine rings is 1. The number of hydrogen-bond acceptors (Lipinski definition) is 4. The van der Waals surface area contributed by atoms with E-state index in [2.05, 4.69) is 25.9 Å². The number of aliphatic imine (C=N–C) groups is 1. The van der Waals surface area contributed by atoms with Crippen LogP contribution in [0, 0.1) is 5.92 Å². The average Bonchev–Trinajstić information content (AvgIpc) is 3.54. The van der Waals surface area contributed by atoms with Crippen LogP contribution in [0.5, 0.6) is 5.88 Å². The molecule has 2 atom stereocenters. The van der Waals surface area contributed by atoms with Crippen LogP contribution in [0.3, 0.4) is 0 Å². The largest absolute Gasteiger partial charge is 0.476 e. The molecule has 2 saturated carbocycles. The maximum absolute atomic E-state index is 12.5. The van der Waals surface area contributed by atoms with E-state index in [9.17, 15) is 18.0 Å². The molecule has 0 saturated heterocycles. The van der Waals surface area contributed by atoms with Gasteiger partial charge in [-0.05, 0) is 38.2 Å². The van der Waals surface area contributed by atoms with Crippen molar-refractivity contribution < 1.29 is 22.7 Å². The fourth-order valence-corrected chi connectivity index (χ4v) is 3.45. The van der Waals surface area contributed by atoms with Gasteiger partial charge in [-0.2, -0.15) is 13.2 Å². The van der Waals surface area contributed by atoms with Crippen molar-refractivity contribution in [2.24, 2.45) is 10.9 Å². The Kier molecular flexibility index (Phi) is 7.38. The number of amides is 1. The van der Waals surface area contributed by atoms with Crippen LogP contribution in [0.1, 0.15) is 44.1 Å². The van der Waals surface area contributed by atoms with Gasteiger partial charge in [-0.15, -0.1) is 0 Å². The summed E-state index contributed by atoms with van der Waals surface area (Å²) in [6.45, 7) is 0.622. The van der Waals surface area contributed by atoms with E-state index in [-0.39, 0.29) is 30.4 Å². The molecule has 7 nitrogen and oxygen atoms in total. The molecule has 1 amide bonds. The highest BCUT2D eigenvalue weighted by Crippen LogP contribution is 2.29. The number of guanidine groups is 1. The van der Waals surface area contributed by atoms with Gasteiger partial charge in [-0.3, -0.25) is 9.79 Å². The van der Waals surface area contributed by atoms with Crippen molar-refractivity contribution >= 4 is 11.9 Å². The van der Waals surface area contributed by atoms with Crippen LogP contribution in [0.4, 0.5) is 13.2 Å². The Morgan fingerprint density at radius 2 is 2.00 bits per heavy atom. The minimum atomic E-state index is -4.41. The van der Waals surface area contributed by atoms with Gasteiger partial charge >= 0.3 is 6.18 Å². The maximum Gasteiger partial charge on any atom is 0.417 e. The van der Waals surface area contributed by atoms with E-state index >= 15 is 0 Å². The molecule has 30 heavy (non-hydrogen) atoms. The highest BCUT2D eigenvalue weighted by atomic mass is 19.4. The Hall–Kier alpha value is -2.52. The zero-order valence-corrected chi connectivity index (χ0v) is 17.0. The molecule has 2 aliphatic rings. The molecule has 2 unspecified atom stereocenters. The lowest BCUT2D eigenvalue weighted by Crippen LogP contribution is -2.47. The number of nitrogens with one attached hydrogen (secondary N) is 3. The monoisotopic (exact) mass is 427 g/mol. The standard InChI is InChI=1S/C20H28F3N5O2/c1-24-19(25-9-10-30-17-8-5-14(12-26-17)20(21,22)23)28-16-4-2-3-13(11-16)18(29)27-15-6-7-15/h5,8,12-13,15-16H,2-4,6-7,9-11H2,1H3,(H,27,29)(H2,24,25,28). The second-order valence-electron chi connectivity index (χ2n) is 7.72. The molecular weight excluding hydrogens is 399 g/mol. The Morgan fingerprint density at radius 1 is 1.20 bits per heavy atom. The summed E-state index contributed by atoms with van der Waals surface area (Å²) in [5, 5.41) is 9.54. The van der Waals surface area contributed by atoms with Gasteiger partial charge in [0.25, 0.3) is 0 Å². The summed E-state index contributed by atoms with van der Waals surface area (Å²) in [6, 6.07) is 2.68. The van der Waals surface area contributed by atoms with Crippen molar-refractivity contribution in [3.63, 3.8) is 0 Å². The van der Waals surface area contributed by atoms with Crippen molar-refractivity contribution in [3.05, 3.63) is 23.9 Å². The lowest BCUT2D eigenvalue weighted by Gasteiger charge is -2.30. The van der Waals surface area contributed by atoms with Crippen LogP contribution < -0.4 is 20.7 Å². The Morgan fingerprint density at radius 3 is 2.63 bits per heavy atom. The molecule has 2 fully saturated rings. The number of ether oxygens (including phenoxy) is 1. The first kappa shape index (κ1) is 22.2. The summed E-state index contributed by atoms with van der Waals surface area (Å²) < 4.78 is 43.0. The molecule has 0 aliphatic heterocycles. The molecule has 0 bridgehead atoms. The Balaban J connectivity index is 1.37. The van der Waals surface area contributed by atoms with Gasteiger partial charge < -0.3 is 20.7 Å². The van der Waals surface area contributed by atoms with E-state index in [1.807, 2.05) is 0 Å². The maximum atomic E-state index is 12.5. The summed E-state index contributed by atoms with van der Waals surface area (Å²) in [5.74, 6) is 0.921. The van der Waals surface area contributed by atoms with E-state index in [0.717, 1.165) is 50.8 Å². The molecule has 1 heterocycles. The molecule has 3 N–H and O–H groups in total. The summed E-state index contributed by atoms with van der Waals surface area (Å²) in [5.41, 5.74) is -0.811. The number of aromatic nitrogens is 1. The molecular formula is C20H28F3N5O2. The number of hydrogen-bond donors (Lipinski definition) is 3. The number of nitrogens with zero attached hydrogens (tertiary/aromatic N) is 2. The van der Waals surface area contributed by atoms with Crippen LogP contribution in [0.25, 0.3) is 0 Å². The SMILES string of the molecule is CN=C(NCCOc1ccc(C(F)(F)F)cn1)NC1CCCC(C(=O)NC2CC2)C1. The topological polar surface area (TPSA) is 87.6 Å². The summed E-state index contributed by atoms with van der Waals surface area (Å²) in [7, 11) is 1.66. The Bertz CT molecular complexity index is 735. The normalized spacial score (nSPS) is 22.3. The van der Waals surface area contributed by atoms with E-state index in [1.165, 1.54) is 6.07 Å². The number of carbonyl (C=O) groups is 1. The fraction of sp³-hybridized carbons (Fsp3) is 0.650. The highest BCUT2D eigenvalue weighted by molar-refractivity contribution is 5.81. The van der Waals surface area contributed by atoms with Gasteiger partial charge in [0.15, 0.2) is 5.96 Å². The van der Waals surface area contributed by atoms with E-state index in [0.29, 0.717) is 18.5 Å². The van der Waals surface area contributed by atoms with Crippen LogP contribution in [0.2, 0.25) is 0 Å². The third-order valence-electron chi connectivity index (χ3n) is 5.24. The first-order valence-electron chi connectivity index (χ1n) is 10.3. The van der Waals surface area contributed by atoms with Crippen LogP contribution in [0.15, 0.2) is 23.3 Å². The number of carbonyl (C=O) groups excluding carboxylic acids is 1. The zero-order chi connectivity index (χ0) is 21.6. The summed E-state index contributed by atoms with van der Waals surface area (Å²) in [6.07, 6.45) is 2.15. The van der Waals surface area contributed by atoms with Crippen LogP contribution in [-0.2, 0) is 11.0 Å². The van der Waals surface area contributed by atoms with Gasteiger partial charge in [0.05, 0.1) is 12.1 Å². The molecule has 2 aliphatic carbocycles. The van der Waals surface area contributed by atoms with Gasteiger partial charge in [-0.25, -0.2) is 4.98 Å². The third-order valence-corrected chi connectivity index (χ3v) is 5.24. The van der Waals surface area contributed by atoms with Gasteiger partial charge in [0.2, 0.25) is 11.8 Å². The van der Waals surface area contributed by atoms with Gasteiger partial charge in [0, 0.05) is 37.3 Å². The molecule has 3 rings (SSSR count). The second-order valence-corrected chi connectivity index (χ2v) is 7.72. The predicted molar refractivity (Wildman–Crippen MR) is 106 cm³/mol.